The molecule has 1 N–H and O–H groups in total. The highest BCUT2D eigenvalue weighted by molar-refractivity contribution is 5.75. The molecule has 1 heterocycles. The van der Waals surface area contributed by atoms with E-state index in [9.17, 15) is 4.79 Å². The number of rotatable bonds is 5. The fraction of sp³-hybridized carbons (Fsp3) is 0.929. The van der Waals surface area contributed by atoms with Gasteiger partial charge in [0.15, 0.2) is 0 Å². The van der Waals surface area contributed by atoms with Gasteiger partial charge in [-0.15, -0.1) is 0 Å². The molecule has 5 nitrogen and oxygen atoms in total. The van der Waals surface area contributed by atoms with Gasteiger partial charge in [0.1, 0.15) is 0 Å². The third-order valence-electron chi connectivity index (χ3n) is 4.44. The minimum atomic E-state index is 0.0779. The molecule has 0 aromatic rings. The molecule has 0 radical (unpaired) electrons. The molecule has 2 atom stereocenters. The number of morpholine rings is 1. The lowest BCUT2D eigenvalue weighted by molar-refractivity contribution is 0.00325. The number of hydrogen-bond acceptors (Lipinski definition) is 3. The SMILES string of the molecule is COC[C@H](NC(=O)N1CCOC[C@@H]1C1CC1)C1CC1. The van der Waals surface area contributed by atoms with Crippen LogP contribution in [-0.2, 0) is 9.47 Å². The number of nitrogens with zero attached hydrogens (tertiary/aromatic N) is 1. The Morgan fingerprint density at radius 1 is 1.42 bits per heavy atom. The fourth-order valence-corrected chi connectivity index (χ4v) is 2.96. The molecule has 2 aliphatic carbocycles. The van der Waals surface area contributed by atoms with E-state index in [-0.39, 0.29) is 18.1 Å². The minimum Gasteiger partial charge on any atom is -0.383 e. The summed E-state index contributed by atoms with van der Waals surface area (Å²) in [6.07, 6.45) is 4.90. The Balaban J connectivity index is 1.57. The third-order valence-corrected chi connectivity index (χ3v) is 4.44. The molecule has 0 bridgehead atoms. The van der Waals surface area contributed by atoms with Crippen LogP contribution in [0.3, 0.4) is 0 Å². The summed E-state index contributed by atoms with van der Waals surface area (Å²) in [7, 11) is 1.70. The Kier molecular flexibility index (Phi) is 3.93. The van der Waals surface area contributed by atoms with Crippen molar-refractivity contribution in [3.05, 3.63) is 0 Å². The molecule has 3 rings (SSSR count). The summed E-state index contributed by atoms with van der Waals surface area (Å²) in [6.45, 7) is 2.71. The molecule has 2 saturated carbocycles. The molecular formula is C14H24N2O3. The van der Waals surface area contributed by atoms with Crippen molar-refractivity contribution < 1.29 is 14.3 Å². The Morgan fingerprint density at radius 2 is 2.21 bits per heavy atom. The predicted octanol–water partition coefficient (Wildman–Crippen LogP) is 1.23. The van der Waals surface area contributed by atoms with E-state index in [1.807, 2.05) is 4.90 Å². The lowest BCUT2D eigenvalue weighted by Gasteiger charge is -2.36. The minimum absolute atomic E-state index is 0.0779. The van der Waals surface area contributed by atoms with Crippen molar-refractivity contribution in [3.63, 3.8) is 0 Å². The van der Waals surface area contributed by atoms with Crippen molar-refractivity contribution in [1.82, 2.24) is 10.2 Å². The number of ether oxygens (including phenoxy) is 2. The summed E-state index contributed by atoms with van der Waals surface area (Å²) in [5.41, 5.74) is 0. The maximum absolute atomic E-state index is 12.5. The Hall–Kier alpha value is -0.810. The predicted molar refractivity (Wildman–Crippen MR) is 71.0 cm³/mol. The van der Waals surface area contributed by atoms with Crippen molar-refractivity contribution in [3.8, 4) is 0 Å². The summed E-state index contributed by atoms with van der Waals surface area (Å²) in [6, 6.07) is 0.547. The van der Waals surface area contributed by atoms with Gasteiger partial charge in [-0.2, -0.15) is 0 Å². The van der Waals surface area contributed by atoms with Crippen molar-refractivity contribution in [2.24, 2.45) is 11.8 Å². The molecule has 3 aliphatic rings. The van der Waals surface area contributed by atoms with Crippen LogP contribution in [0.15, 0.2) is 0 Å². The fourth-order valence-electron chi connectivity index (χ4n) is 2.96. The normalized spacial score (nSPS) is 29.1. The summed E-state index contributed by atoms with van der Waals surface area (Å²) in [5.74, 6) is 1.28. The number of amides is 2. The van der Waals surface area contributed by atoms with Crippen molar-refractivity contribution in [1.29, 1.82) is 0 Å². The van der Waals surface area contributed by atoms with Crippen LogP contribution in [0.1, 0.15) is 25.7 Å². The van der Waals surface area contributed by atoms with Crippen LogP contribution in [0.2, 0.25) is 0 Å². The second kappa shape index (κ2) is 5.67. The van der Waals surface area contributed by atoms with E-state index in [4.69, 9.17) is 9.47 Å². The average Bonchev–Trinajstić information content (AvgIpc) is 3.31. The molecule has 19 heavy (non-hydrogen) atoms. The van der Waals surface area contributed by atoms with E-state index in [1.165, 1.54) is 25.7 Å². The third kappa shape index (κ3) is 3.20. The highest BCUT2D eigenvalue weighted by atomic mass is 16.5. The van der Waals surface area contributed by atoms with Crippen molar-refractivity contribution >= 4 is 6.03 Å². The highest BCUT2D eigenvalue weighted by Gasteiger charge is 2.40. The van der Waals surface area contributed by atoms with Gasteiger partial charge in [0.2, 0.25) is 0 Å². The maximum atomic E-state index is 12.5. The van der Waals surface area contributed by atoms with Gasteiger partial charge in [0.25, 0.3) is 0 Å². The first-order chi connectivity index (χ1) is 9.29. The molecule has 0 aromatic carbocycles. The maximum Gasteiger partial charge on any atom is 0.318 e. The van der Waals surface area contributed by atoms with Crippen LogP contribution < -0.4 is 5.32 Å². The Morgan fingerprint density at radius 3 is 2.84 bits per heavy atom. The van der Waals surface area contributed by atoms with Gasteiger partial charge in [0, 0.05) is 13.7 Å². The zero-order valence-corrected chi connectivity index (χ0v) is 11.6. The quantitative estimate of drug-likeness (QED) is 0.816. The first-order valence-electron chi connectivity index (χ1n) is 7.43. The summed E-state index contributed by atoms with van der Waals surface area (Å²) in [5, 5.41) is 3.17. The van der Waals surface area contributed by atoms with Gasteiger partial charge in [-0.3, -0.25) is 0 Å². The number of methoxy groups -OCH3 is 1. The summed E-state index contributed by atoms with van der Waals surface area (Å²) in [4.78, 5) is 14.5. The molecule has 2 amide bonds. The topological polar surface area (TPSA) is 50.8 Å². The molecule has 1 aliphatic heterocycles. The van der Waals surface area contributed by atoms with Gasteiger partial charge in [-0.05, 0) is 37.5 Å². The molecule has 3 fully saturated rings. The molecule has 0 unspecified atom stereocenters. The van der Waals surface area contributed by atoms with Gasteiger partial charge in [-0.25, -0.2) is 4.79 Å². The van der Waals surface area contributed by atoms with E-state index in [1.54, 1.807) is 7.11 Å². The van der Waals surface area contributed by atoms with Crippen LogP contribution in [0.25, 0.3) is 0 Å². The number of nitrogens with one attached hydrogen (secondary N) is 1. The summed E-state index contributed by atoms with van der Waals surface area (Å²) >= 11 is 0. The number of carbonyl (C=O) groups is 1. The average molecular weight is 268 g/mol. The summed E-state index contributed by atoms with van der Waals surface area (Å²) < 4.78 is 10.8. The highest BCUT2D eigenvalue weighted by Crippen LogP contribution is 2.37. The van der Waals surface area contributed by atoms with E-state index in [0.29, 0.717) is 31.7 Å². The molecule has 1 saturated heterocycles. The molecule has 0 aromatic heterocycles. The molecular weight excluding hydrogens is 244 g/mol. The standard InChI is InChI=1S/C14H24N2O3/c1-18-8-12(10-2-3-10)15-14(17)16-6-7-19-9-13(16)11-4-5-11/h10-13H,2-9H2,1H3,(H,15,17)/t12-,13+/m0/s1. The van der Waals surface area contributed by atoms with Crippen LogP contribution in [0.5, 0.6) is 0 Å². The Bertz CT molecular complexity index is 329. The number of carbonyl (C=O) groups excluding carboxylic acids is 1. The monoisotopic (exact) mass is 268 g/mol. The van der Waals surface area contributed by atoms with Gasteiger partial charge in [-0.1, -0.05) is 0 Å². The number of hydrogen-bond donors (Lipinski definition) is 1. The van der Waals surface area contributed by atoms with Gasteiger partial charge in [0.05, 0.1) is 31.9 Å². The lowest BCUT2D eigenvalue weighted by atomic mass is 10.1. The van der Waals surface area contributed by atoms with E-state index < -0.39 is 0 Å². The van der Waals surface area contributed by atoms with E-state index in [2.05, 4.69) is 5.32 Å². The Labute approximate surface area is 114 Å². The van der Waals surface area contributed by atoms with Gasteiger partial charge >= 0.3 is 6.03 Å². The molecule has 0 spiro atoms. The molecule has 5 heteroatoms. The van der Waals surface area contributed by atoms with Crippen molar-refractivity contribution in [2.45, 2.75) is 37.8 Å². The molecule has 108 valence electrons. The number of urea groups is 1. The lowest BCUT2D eigenvalue weighted by Crippen LogP contribution is -2.56. The van der Waals surface area contributed by atoms with E-state index in [0.717, 1.165) is 6.54 Å². The first kappa shape index (κ1) is 13.2. The van der Waals surface area contributed by atoms with Gasteiger partial charge < -0.3 is 19.7 Å². The second-order valence-electron chi connectivity index (χ2n) is 6.02. The zero-order chi connectivity index (χ0) is 13.2. The van der Waals surface area contributed by atoms with Crippen LogP contribution in [0.4, 0.5) is 4.79 Å². The second-order valence-corrected chi connectivity index (χ2v) is 6.02. The van der Waals surface area contributed by atoms with Crippen LogP contribution >= 0.6 is 0 Å². The van der Waals surface area contributed by atoms with Crippen LogP contribution in [-0.4, -0.2) is 56.5 Å². The zero-order valence-electron chi connectivity index (χ0n) is 11.6. The van der Waals surface area contributed by atoms with Crippen LogP contribution in [0, 0.1) is 11.8 Å². The smallest absolute Gasteiger partial charge is 0.318 e. The largest absolute Gasteiger partial charge is 0.383 e. The van der Waals surface area contributed by atoms with Crippen molar-refractivity contribution in [2.75, 3.05) is 33.5 Å². The first-order valence-corrected chi connectivity index (χ1v) is 7.43. The van der Waals surface area contributed by atoms with E-state index >= 15 is 0 Å².